The van der Waals surface area contributed by atoms with Gasteiger partial charge in [-0.2, -0.15) is 0 Å². The Bertz CT molecular complexity index is 709. The van der Waals surface area contributed by atoms with E-state index in [1.165, 1.54) is 12.1 Å². The van der Waals surface area contributed by atoms with Crippen molar-refractivity contribution in [3.05, 3.63) is 59.9 Å². The highest BCUT2D eigenvalue weighted by Crippen LogP contribution is 2.30. The molecule has 0 spiro atoms. The Hall–Kier alpha value is -2.69. The fourth-order valence-electron chi connectivity index (χ4n) is 2.05. The lowest BCUT2D eigenvalue weighted by molar-refractivity contribution is -0.117. The van der Waals surface area contributed by atoms with E-state index in [-0.39, 0.29) is 17.5 Å². The second-order valence-corrected chi connectivity index (χ2v) is 5.27. The predicted molar refractivity (Wildman–Crippen MR) is 82.1 cm³/mol. The number of benzene rings is 2. The molecule has 0 atom stereocenters. The number of amides is 2. The summed E-state index contributed by atoms with van der Waals surface area (Å²) in [5.41, 5.74) is 1.19. The Morgan fingerprint density at radius 3 is 2.27 bits per heavy atom. The number of hydrogen-bond donors (Lipinski definition) is 2. The van der Waals surface area contributed by atoms with Crippen LogP contribution in [0, 0.1) is 11.7 Å². The summed E-state index contributed by atoms with van der Waals surface area (Å²) in [4.78, 5) is 23.7. The SMILES string of the molecule is O=C(Nc1ccccc1F)c1ccc(NC(=O)C2CC2)cc1. The molecule has 1 fully saturated rings. The van der Waals surface area contributed by atoms with Gasteiger partial charge in [-0.3, -0.25) is 9.59 Å². The normalized spacial score (nSPS) is 13.5. The molecule has 0 bridgehead atoms. The number of carbonyl (C=O) groups is 2. The van der Waals surface area contributed by atoms with Gasteiger partial charge < -0.3 is 10.6 Å². The molecule has 0 unspecified atom stereocenters. The van der Waals surface area contributed by atoms with Gasteiger partial charge in [-0.25, -0.2) is 4.39 Å². The van der Waals surface area contributed by atoms with Gasteiger partial charge in [0.15, 0.2) is 0 Å². The molecule has 1 saturated carbocycles. The summed E-state index contributed by atoms with van der Waals surface area (Å²) in [6, 6.07) is 12.5. The molecule has 2 N–H and O–H groups in total. The van der Waals surface area contributed by atoms with Gasteiger partial charge in [-0.05, 0) is 49.2 Å². The summed E-state index contributed by atoms with van der Waals surface area (Å²) in [6.07, 6.45) is 1.88. The molecule has 22 heavy (non-hydrogen) atoms. The fourth-order valence-corrected chi connectivity index (χ4v) is 2.05. The number of carbonyl (C=O) groups excluding carboxylic acids is 2. The second kappa shape index (κ2) is 5.97. The Labute approximate surface area is 127 Å². The maximum Gasteiger partial charge on any atom is 0.255 e. The van der Waals surface area contributed by atoms with Crippen LogP contribution in [-0.2, 0) is 4.79 Å². The van der Waals surface area contributed by atoms with E-state index in [2.05, 4.69) is 10.6 Å². The zero-order chi connectivity index (χ0) is 15.5. The summed E-state index contributed by atoms with van der Waals surface area (Å²) in [7, 11) is 0. The van der Waals surface area contributed by atoms with Gasteiger partial charge in [0.25, 0.3) is 5.91 Å². The minimum Gasteiger partial charge on any atom is -0.326 e. The molecule has 0 saturated heterocycles. The molecule has 3 rings (SSSR count). The minimum absolute atomic E-state index is 0.0172. The maximum atomic E-state index is 13.5. The topological polar surface area (TPSA) is 58.2 Å². The quantitative estimate of drug-likeness (QED) is 0.908. The number of anilines is 2. The van der Waals surface area contributed by atoms with Crippen LogP contribution in [0.25, 0.3) is 0 Å². The minimum atomic E-state index is -0.482. The first kappa shape index (κ1) is 14.3. The molecular formula is C17H15FN2O2. The van der Waals surface area contributed by atoms with Crippen LogP contribution in [0.15, 0.2) is 48.5 Å². The van der Waals surface area contributed by atoms with Gasteiger partial charge in [0, 0.05) is 17.2 Å². The molecule has 5 heteroatoms. The van der Waals surface area contributed by atoms with E-state index in [4.69, 9.17) is 0 Å². The van der Waals surface area contributed by atoms with E-state index in [0.29, 0.717) is 11.3 Å². The monoisotopic (exact) mass is 298 g/mol. The molecule has 0 aliphatic heterocycles. The number of hydrogen-bond acceptors (Lipinski definition) is 2. The maximum absolute atomic E-state index is 13.5. The van der Waals surface area contributed by atoms with Crippen LogP contribution in [-0.4, -0.2) is 11.8 Å². The van der Waals surface area contributed by atoms with Crippen LogP contribution in [0.3, 0.4) is 0 Å². The largest absolute Gasteiger partial charge is 0.326 e. The molecule has 2 aromatic rings. The number of rotatable bonds is 4. The van der Waals surface area contributed by atoms with Crippen LogP contribution in [0.5, 0.6) is 0 Å². The Morgan fingerprint density at radius 2 is 1.64 bits per heavy atom. The third kappa shape index (κ3) is 3.31. The third-order valence-corrected chi connectivity index (χ3v) is 3.48. The van der Waals surface area contributed by atoms with Crippen molar-refractivity contribution in [1.82, 2.24) is 0 Å². The van der Waals surface area contributed by atoms with Crippen molar-refractivity contribution in [1.29, 1.82) is 0 Å². The fraction of sp³-hybridized carbons (Fsp3) is 0.176. The van der Waals surface area contributed by atoms with Gasteiger partial charge in [0.2, 0.25) is 5.91 Å². The summed E-state index contributed by atoms with van der Waals surface area (Å²) >= 11 is 0. The Morgan fingerprint density at radius 1 is 0.955 bits per heavy atom. The first-order valence-corrected chi connectivity index (χ1v) is 7.10. The first-order chi connectivity index (χ1) is 10.6. The number of para-hydroxylation sites is 1. The van der Waals surface area contributed by atoms with Crippen LogP contribution in [0.4, 0.5) is 15.8 Å². The van der Waals surface area contributed by atoms with Crippen molar-refractivity contribution in [2.75, 3.05) is 10.6 Å². The highest BCUT2D eigenvalue weighted by atomic mass is 19.1. The van der Waals surface area contributed by atoms with Gasteiger partial charge in [0.1, 0.15) is 5.82 Å². The summed E-state index contributed by atoms with van der Waals surface area (Å²) in [6.45, 7) is 0. The van der Waals surface area contributed by atoms with Crippen molar-refractivity contribution in [3.63, 3.8) is 0 Å². The van der Waals surface area contributed by atoms with Crippen LogP contribution < -0.4 is 10.6 Å². The van der Waals surface area contributed by atoms with E-state index in [1.54, 1.807) is 36.4 Å². The van der Waals surface area contributed by atoms with Crippen molar-refractivity contribution in [3.8, 4) is 0 Å². The number of halogens is 1. The molecule has 2 amide bonds. The molecule has 0 radical (unpaired) electrons. The molecule has 1 aliphatic carbocycles. The van der Waals surface area contributed by atoms with E-state index in [9.17, 15) is 14.0 Å². The third-order valence-electron chi connectivity index (χ3n) is 3.48. The van der Waals surface area contributed by atoms with Gasteiger partial charge >= 0.3 is 0 Å². The van der Waals surface area contributed by atoms with Crippen LogP contribution in [0.1, 0.15) is 23.2 Å². The zero-order valence-electron chi connectivity index (χ0n) is 11.8. The van der Waals surface area contributed by atoms with E-state index in [1.807, 2.05) is 0 Å². The molecule has 0 aromatic heterocycles. The standard InChI is InChI=1S/C17H15FN2O2/c18-14-3-1-2-4-15(14)20-17(22)12-7-9-13(10-8-12)19-16(21)11-5-6-11/h1-4,7-11H,5-6H2,(H,19,21)(H,20,22). The lowest BCUT2D eigenvalue weighted by Gasteiger charge is -2.08. The van der Waals surface area contributed by atoms with Crippen LogP contribution in [0.2, 0.25) is 0 Å². The molecule has 4 nitrogen and oxygen atoms in total. The van der Waals surface area contributed by atoms with E-state index >= 15 is 0 Å². The summed E-state index contributed by atoms with van der Waals surface area (Å²) in [5.74, 6) is -0.734. The average molecular weight is 298 g/mol. The molecule has 2 aromatic carbocycles. The van der Waals surface area contributed by atoms with E-state index in [0.717, 1.165) is 12.8 Å². The lowest BCUT2D eigenvalue weighted by Crippen LogP contribution is -2.15. The summed E-state index contributed by atoms with van der Waals surface area (Å²) in [5, 5.41) is 5.31. The Balaban J connectivity index is 1.65. The van der Waals surface area contributed by atoms with Gasteiger partial charge in [-0.15, -0.1) is 0 Å². The zero-order valence-corrected chi connectivity index (χ0v) is 11.8. The molecular weight excluding hydrogens is 283 g/mol. The highest BCUT2D eigenvalue weighted by molar-refractivity contribution is 6.04. The van der Waals surface area contributed by atoms with Gasteiger partial charge in [0.05, 0.1) is 5.69 Å². The Kier molecular flexibility index (Phi) is 3.87. The summed E-state index contributed by atoms with van der Waals surface area (Å²) < 4.78 is 13.5. The van der Waals surface area contributed by atoms with Gasteiger partial charge in [-0.1, -0.05) is 12.1 Å². The average Bonchev–Trinajstić information content (AvgIpc) is 3.35. The van der Waals surface area contributed by atoms with Crippen molar-refractivity contribution >= 4 is 23.2 Å². The van der Waals surface area contributed by atoms with Crippen molar-refractivity contribution in [2.24, 2.45) is 5.92 Å². The predicted octanol–water partition coefficient (Wildman–Crippen LogP) is 3.43. The highest BCUT2D eigenvalue weighted by Gasteiger charge is 2.29. The second-order valence-electron chi connectivity index (χ2n) is 5.27. The smallest absolute Gasteiger partial charge is 0.255 e. The lowest BCUT2D eigenvalue weighted by atomic mass is 10.2. The molecule has 0 heterocycles. The van der Waals surface area contributed by atoms with Crippen molar-refractivity contribution < 1.29 is 14.0 Å². The van der Waals surface area contributed by atoms with Crippen molar-refractivity contribution in [2.45, 2.75) is 12.8 Å². The molecule has 1 aliphatic rings. The van der Waals surface area contributed by atoms with Crippen LogP contribution >= 0.6 is 0 Å². The first-order valence-electron chi connectivity index (χ1n) is 7.10. The molecule has 112 valence electrons. The number of nitrogens with one attached hydrogen (secondary N) is 2. The van der Waals surface area contributed by atoms with E-state index < -0.39 is 11.7 Å².